The highest BCUT2D eigenvalue weighted by molar-refractivity contribution is 5.96. The number of carbonyl (C=O) groups excluding carboxylic acids is 1. The van der Waals surface area contributed by atoms with Crippen molar-refractivity contribution in [1.29, 1.82) is 0 Å². The maximum Gasteiger partial charge on any atom is 0.260 e. The number of nitrogens with one attached hydrogen (secondary N) is 2. The SMILES string of the molecule is C#C[C@]1(O)CC[C@@H]2[C@H]3CCC4=C/C(=N/OCC(=O)NCCc5c[nH]c6ccccc56)CC[C@]4(C)[C@@H]3CC[C@]21C. The van der Waals surface area contributed by atoms with Crippen LogP contribution in [0.15, 0.2) is 47.3 Å². The number of H-pyrrole nitrogens is 1. The summed E-state index contributed by atoms with van der Waals surface area (Å²) in [5, 5.41) is 19.7. The van der Waals surface area contributed by atoms with Crippen molar-refractivity contribution in [3.8, 4) is 12.3 Å². The molecule has 206 valence electrons. The summed E-state index contributed by atoms with van der Waals surface area (Å²) in [5.41, 5.74) is 3.78. The Morgan fingerprint density at radius 3 is 2.85 bits per heavy atom. The van der Waals surface area contributed by atoms with Crippen molar-refractivity contribution in [3.05, 3.63) is 47.7 Å². The lowest BCUT2D eigenvalue weighted by Gasteiger charge is -2.58. The standard InChI is InChI=1S/C33H41N3O3/c1-4-33(38)17-13-28-26-10-9-23-19-24(11-15-31(23,2)27(26)12-16-32(28,33)3)36-39-21-30(37)34-18-14-22-20-35-29-8-6-5-7-25(22)29/h1,5-8,19-20,26-28,35,38H,9-18,21H2,2-3H3,(H,34,37)/b36-24+/t26-,27+,28+,31-,32+,33-/m0/s1. The number of hydrogen-bond donors (Lipinski definition) is 3. The molecular weight excluding hydrogens is 486 g/mol. The largest absolute Gasteiger partial charge is 0.385 e. The molecule has 6 atom stereocenters. The zero-order chi connectivity index (χ0) is 27.3. The van der Waals surface area contributed by atoms with E-state index in [0.717, 1.165) is 69.0 Å². The number of para-hydroxylation sites is 1. The molecule has 3 saturated carbocycles. The van der Waals surface area contributed by atoms with Gasteiger partial charge in [-0.2, -0.15) is 0 Å². The van der Waals surface area contributed by atoms with Crippen molar-refractivity contribution in [1.82, 2.24) is 10.3 Å². The Morgan fingerprint density at radius 2 is 2.00 bits per heavy atom. The summed E-state index contributed by atoms with van der Waals surface area (Å²) in [4.78, 5) is 21.1. The molecule has 2 aromatic rings. The number of amides is 1. The highest BCUT2D eigenvalue weighted by Crippen LogP contribution is 2.67. The van der Waals surface area contributed by atoms with Crippen molar-refractivity contribution in [2.75, 3.05) is 13.2 Å². The number of rotatable bonds is 6. The summed E-state index contributed by atoms with van der Waals surface area (Å²) < 4.78 is 0. The summed E-state index contributed by atoms with van der Waals surface area (Å²) in [6.45, 7) is 5.18. The molecule has 1 amide bonds. The van der Waals surface area contributed by atoms with Gasteiger partial charge < -0.3 is 20.2 Å². The van der Waals surface area contributed by atoms with Gasteiger partial charge in [-0.25, -0.2) is 0 Å². The van der Waals surface area contributed by atoms with Gasteiger partial charge in [0.1, 0.15) is 5.60 Å². The van der Waals surface area contributed by atoms with Crippen LogP contribution in [0, 0.1) is 40.9 Å². The number of oxime groups is 1. The zero-order valence-electron chi connectivity index (χ0n) is 23.3. The minimum Gasteiger partial charge on any atom is -0.385 e. The van der Waals surface area contributed by atoms with Crippen LogP contribution >= 0.6 is 0 Å². The molecule has 3 fully saturated rings. The quantitative estimate of drug-likeness (QED) is 0.341. The van der Waals surface area contributed by atoms with E-state index in [1.807, 2.05) is 18.3 Å². The number of hydrogen-bond acceptors (Lipinski definition) is 4. The Morgan fingerprint density at radius 1 is 1.18 bits per heavy atom. The number of allylic oxidation sites excluding steroid dienone is 2. The van der Waals surface area contributed by atoms with Crippen LogP contribution in [0.4, 0.5) is 0 Å². The molecule has 6 rings (SSSR count). The molecule has 0 spiro atoms. The van der Waals surface area contributed by atoms with Crippen LogP contribution in [-0.2, 0) is 16.1 Å². The number of nitrogens with zero attached hydrogens (tertiary/aromatic N) is 1. The van der Waals surface area contributed by atoms with E-state index in [1.54, 1.807) is 0 Å². The number of carbonyl (C=O) groups is 1. The van der Waals surface area contributed by atoms with Gasteiger partial charge in [0, 0.05) is 29.1 Å². The van der Waals surface area contributed by atoms with E-state index >= 15 is 0 Å². The molecule has 6 heteroatoms. The summed E-state index contributed by atoms with van der Waals surface area (Å²) >= 11 is 0. The van der Waals surface area contributed by atoms with E-state index in [2.05, 4.69) is 53.4 Å². The smallest absolute Gasteiger partial charge is 0.260 e. The van der Waals surface area contributed by atoms with Gasteiger partial charge in [-0.05, 0) is 98.7 Å². The highest BCUT2D eigenvalue weighted by atomic mass is 16.6. The lowest BCUT2D eigenvalue weighted by molar-refractivity contribution is -0.125. The number of aliphatic hydroxyl groups is 1. The fourth-order valence-corrected chi connectivity index (χ4v) is 8.80. The van der Waals surface area contributed by atoms with Gasteiger partial charge in [0.25, 0.3) is 5.91 Å². The van der Waals surface area contributed by atoms with Crippen molar-refractivity contribution >= 4 is 22.5 Å². The molecule has 4 aliphatic carbocycles. The van der Waals surface area contributed by atoms with Gasteiger partial charge >= 0.3 is 0 Å². The fourth-order valence-electron chi connectivity index (χ4n) is 8.80. The van der Waals surface area contributed by atoms with E-state index in [1.165, 1.54) is 16.5 Å². The van der Waals surface area contributed by atoms with Gasteiger partial charge in [0.15, 0.2) is 6.61 Å². The third kappa shape index (κ3) is 4.30. The van der Waals surface area contributed by atoms with Crippen LogP contribution in [0.1, 0.15) is 70.8 Å². The molecule has 39 heavy (non-hydrogen) atoms. The predicted octanol–water partition coefficient (Wildman–Crippen LogP) is 5.53. The third-order valence-electron chi connectivity index (χ3n) is 11.1. The number of aromatic nitrogens is 1. The molecule has 0 unspecified atom stereocenters. The Balaban J connectivity index is 1.03. The Bertz CT molecular complexity index is 1370. The minimum atomic E-state index is -0.952. The third-order valence-corrected chi connectivity index (χ3v) is 11.1. The zero-order valence-corrected chi connectivity index (χ0v) is 23.3. The highest BCUT2D eigenvalue weighted by Gasteiger charge is 2.63. The summed E-state index contributed by atoms with van der Waals surface area (Å²) in [6.07, 6.45) is 18.9. The molecule has 3 N–H and O–H groups in total. The van der Waals surface area contributed by atoms with Crippen LogP contribution in [0.2, 0.25) is 0 Å². The fraction of sp³-hybridized carbons (Fsp3) is 0.576. The molecule has 4 aliphatic rings. The first-order valence-electron chi connectivity index (χ1n) is 14.7. The number of terminal acetylenes is 1. The monoisotopic (exact) mass is 527 g/mol. The molecule has 1 aromatic carbocycles. The van der Waals surface area contributed by atoms with Crippen molar-refractivity contribution < 1.29 is 14.7 Å². The number of aromatic amines is 1. The minimum absolute atomic E-state index is 0.0686. The molecule has 1 heterocycles. The van der Waals surface area contributed by atoms with E-state index in [-0.39, 0.29) is 23.3 Å². The van der Waals surface area contributed by atoms with Gasteiger partial charge in [0.05, 0.1) is 5.71 Å². The van der Waals surface area contributed by atoms with Crippen LogP contribution in [0.25, 0.3) is 10.9 Å². The first kappa shape index (κ1) is 26.2. The second-order valence-corrected chi connectivity index (χ2v) is 12.8. The van der Waals surface area contributed by atoms with Crippen molar-refractivity contribution in [3.63, 3.8) is 0 Å². The topological polar surface area (TPSA) is 86.7 Å². The van der Waals surface area contributed by atoms with Gasteiger partial charge in [0.2, 0.25) is 0 Å². The summed E-state index contributed by atoms with van der Waals surface area (Å²) in [5.74, 6) is 4.38. The second kappa shape index (κ2) is 9.86. The molecule has 0 saturated heterocycles. The average molecular weight is 528 g/mol. The molecular formula is C33H41N3O3. The average Bonchev–Trinajstić information content (AvgIpc) is 3.47. The van der Waals surface area contributed by atoms with Crippen LogP contribution < -0.4 is 5.32 Å². The Labute approximate surface area is 231 Å². The first-order valence-corrected chi connectivity index (χ1v) is 14.7. The van der Waals surface area contributed by atoms with Crippen LogP contribution in [0.3, 0.4) is 0 Å². The molecule has 0 radical (unpaired) electrons. The van der Waals surface area contributed by atoms with Gasteiger partial charge in [-0.3, -0.25) is 4.79 Å². The summed E-state index contributed by atoms with van der Waals surface area (Å²) in [6, 6.07) is 8.19. The van der Waals surface area contributed by atoms with E-state index in [9.17, 15) is 9.90 Å². The van der Waals surface area contributed by atoms with E-state index < -0.39 is 5.60 Å². The van der Waals surface area contributed by atoms with Crippen molar-refractivity contribution in [2.45, 2.75) is 77.2 Å². The first-order chi connectivity index (χ1) is 18.8. The van der Waals surface area contributed by atoms with E-state index in [4.69, 9.17) is 11.3 Å². The van der Waals surface area contributed by atoms with Crippen molar-refractivity contribution in [2.24, 2.45) is 33.7 Å². The lowest BCUT2D eigenvalue weighted by Crippen LogP contribution is -2.54. The molecule has 6 nitrogen and oxygen atoms in total. The van der Waals surface area contributed by atoms with Gasteiger partial charge in [-0.1, -0.05) is 48.7 Å². The maximum atomic E-state index is 12.3. The lowest BCUT2D eigenvalue weighted by atomic mass is 9.46. The second-order valence-electron chi connectivity index (χ2n) is 12.8. The molecule has 0 bridgehead atoms. The maximum absolute atomic E-state index is 12.3. The predicted molar refractivity (Wildman–Crippen MR) is 154 cm³/mol. The molecule has 0 aliphatic heterocycles. The summed E-state index contributed by atoms with van der Waals surface area (Å²) in [7, 11) is 0. The van der Waals surface area contributed by atoms with Gasteiger partial charge in [-0.15, -0.1) is 6.42 Å². The Hall–Kier alpha value is -3.04. The normalized spacial score (nSPS) is 36.4. The number of benzene rings is 1. The van der Waals surface area contributed by atoms with E-state index in [0.29, 0.717) is 24.3 Å². The molecule has 1 aromatic heterocycles. The Kier molecular flexibility index (Phi) is 6.62. The van der Waals surface area contributed by atoms with Crippen LogP contribution in [0.5, 0.6) is 0 Å². The van der Waals surface area contributed by atoms with Crippen LogP contribution in [-0.4, -0.2) is 40.5 Å². The number of fused-ring (bicyclic) bond motifs is 6.